The molecule has 2 aliphatic rings. The van der Waals surface area contributed by atoms with Gasteiger partial charge in [0.1, 0.15) is 0 Å². The third-order valence-corrected chi connectivity index (χ3v) is 3.78. The summed E-state index contributed by atoms with van der Waals surface area (Å²) in [6, 6.07) is 0. The largest absolute Gasteiger partial charge is 0.467 e. The van der Waals surface area contributed by atoms with Crippen molar-refractivity contribution in [1.29, 1.82) is 0 Å². The molecule has 1 saturated carbocycles. The lowest BCUT2D eigenvalue weighted by Crippen LogP contribution is -2.40. The molecule has 1 aliphatic carbocycles. The smallest absolute Gasteiger partial charge is 0.341 e. The van der Waals surface area contributed by atoms with Crippen LogP contribution in [-0.2, 0) is 23.8 Å². The average Bonchev–Trinajstić information content (AvgIpc) is 3.14. The van der Waals surface area contributed by atoms with Gasteiger partial charge in [-0.3, -0.25) is 0 Å². The maximum absolute atomic E-state index is 11.9. The standard InChI is InChI=1S/C12H18O5/c1-15-10(13)9-12(17-9,11(14)16-2)8-6-4-3-5-7-8/h8-9H,3-7H2,1-2H3/t9-,12-/m0/s1. The molecule has 1 heterocycles. The van der Waals surface area contributed by atoms with Crippen LogP contribution >= 0.6 is 0 Å². The number of rotatable bonds is 3. The van der Waals surface area contributed by atoms with E-state index in [1.807, 2.05) is 0 Å². The first kappa shape index (κ1) is 12.4. The zero-order valence-electron chi connectivity index (χ0n) is 10.2. The fourth-order valence-electron chi connectivity index (χ4n) is 2.81. The summed E-state index contributed by atoms with van der Waals surface area (Å²) in [6.45, 7) is 0. The van der Waals surface area contributed by atoms with E-state index in [9.17, 15) is 9.59 Å². The van der Waals surface area contributed by atoms with Gasteiger partial charge in [0.25, 0.3) is 0 Å². The van der Waals surface area contributed by atoms with E-state index >= 15 is 0 Å². The first-order valence-corrected chi connectivity index (χ1v) is 6.01. The first-order valence-electron chi connectivity index (χ1n) is 6.01. The summed E-state index contributed by atoms with van der Waals surface area (Å²) in [7, 11) is 2.62. The Morgan fingerprint density at radius 2 is 1.76 bits per heavy atom. The predicted octanol–water partition coefficient (Wildman–Crippen LogP) is 1.05. The molecular formula is C12H18O5. The van der Waals surface area contributed by atoms with Crippen LogP contribution in [-0.4, -0.2) is 37.9 Å². The van der Waals surface area contributed by atoms with Gasteiger partial charge in [-0.15, -0.1) is 0 Å². The van der Waals surface area contributed by atoms with Crippen LogP contribution in [0.5, 0.6) is 0 Å². The van der Waals surface area contributed by atoms with Gasteiger partial charge in [0.15, 0.2) is 6.10 Å². The highest BCUT2D eigenvalue weighted by molar-refractivity contribution is 5.94. The Balaban J connectivity index is 2.15. The monoisotopic (exact) mass is 242 g/mol. The molecule has 96 valence electrons. The molecule has 2 rings (SSSR count). The van der Waals surface area contributed by atoms with Crippen molar-refractivity contribution in [1.82, 2.24) is 0 Å². The number of epoxide rings is 1. The molecule has 2 fully saturated rings. The van der Waals surface area contributed by atoms with Gasteiger partial charge in [-0.05, 0) is 12.8 Å². The van der Waals surface area contributed by atoms with Gasteiger partial charge in [0, 0.05) is 5.92 Å². The van der Waals surface area contributed by atoms with Crippen LogP contribution in [0.15, 0.2) is 0 Å². The van der Waals surface area contributed by atoms with Gasteiger partial charge in [-0.1, -0.05) is 19.3 Å². The van der Waals surface area contributed by atoms with Crippen molar-refractivity contribution in [2.24, 2.45) is 5.92 Å². The number of carbonyl (C=O) groups is 2. The fraction of sp³-hybridized carbons (Fsp3) is 0.833. The third-order valence-electron chi connectivity index (χ3n) is 3.78. The van der Waals surface area contributed by atoms with Crippen LogP contribution in [0.25, 0.3) is 0 Å². The minimum Gasteiger partial charge on any atom is -0.467 e. The Labute approximate surface area is 100 Å². The predicted molar refractivity (Wildman–Crippen MR) is 58.2 cm³/mol. The maximum Gasteiger partial charge on any atom is 0.341 e. The van der Waals surface area contributed by atoms with Crippen LogP contribution in [0.1, 0.15) is 32.1 Å². The number of ether oxygens (including phenoxy) is 3. The molecule has 5 nitrogen and oxygen atoms in total. The Kier molecular flexibility index (Phi) is 3.38. The van der Waals surface area contributed by atoms with Crippen molar-refractivity contribution in [3.05, 3.63) is 0 Å². The molecule has 17 heavy (non-hydrogen) atoms. The van der Waals surface area contributed by atoms with Crippen molar-refractivity contribution in [3.8, 4) is 0 Å². The molecule has 0 amide bonds. The summed E-state index contributed by atoms with van der Waals surface area (Å²) >= 11 is 0. The number of hydrogen-bond acceptors (Lipinski definition) is 5. The van der Waals surface area contributed by atoms with E-state index in [4.69, 9.17) is 9.47 Å². The van der Waals surface area contributed by atoms with E-state index in [1.165, 1.54) is 20.6 Å². The maximum atomic E-state index is 11.9. The minimum atomic E-state index is -1.07. The summed E-state index contributed by atoms with van der Waals surface area (Å²) < 4.78 is 14.8. The van der Waals surface area contributed by atoms with Crippen LogP contribution in [0, 0.1) is 5.92 Å². The lowest BCUT2D eigenvalue weighted by atomic mass is 9.78. The second-order valence-corrected chi connectivity index (χ2v) is 4.64. The Morgan fingerprint density at radius 1 is 1.12 bits per heavy atom. The van der Waals surface area contributed by atoms with Crippen LogP contribution < -0.4 is 0 Å². The summed E-state index contributed by atoms with van der Waals surface area (Å²) in [5, 5.41) is 0. The molecule has 5 heteroatoms. The second-order valence-electron chi connectivity index (χ2n) is 4.64. The summed E-state index contributed by atoms with van der Waals surface area (Å²) in [5.74, 6) is -0.853. The molecule has 2 atom stereocenters. The molecule has 0 N–H and O–H groups in total. The second kappa shape index (κ2) is 4.64. The van der Waals surface area contributed by atoms with Crippen molar-refractivity contribution in [2.75, 3.05) is 14.2 Å². The zero-order valence-corrected chi connectivity index (χ0v) is 10.2. The average molecular weight is 242 g/mol. The Hall–Kier alpha value is -1.10. The number of esters is 2. The van der Waals surface area contributed by atoms with E-state index in [-0.39, 0.29) is 5.92 Å². The molecule has 0 aromatic rings. The quantitative estimate of drug-likeness (QED) is 0.546. The number of carbonyl (C=O) groups excluding carboxylic acids is 2. The summed E-state index contributed by atoms with van der Waals surface area (Å²) in [6.07, 6.45) is 4.35. The van der Waals surface area contributed by atoms with Crippen LogP contribution in [0.3, 0.4) is 0 Å². The molecule has 0 radical (unpaired) electrons. The van der Waals surface area contributed by atoms with Crippen molar-refractivity contribution < 1.29 is 23.8 Å². The van der Waals surface area contributed by atoms with E-state index in [0.29, 0.717) is 0 Å². The molecule has 1 aliphatic heterocycles. The first-order chi connectivity index (χ1) is 8.16. The minimum absolute atomic E-state index is 0.0767. The van der Waals surface area contributed by atoms with Gasteiger partial charge in [0.05, 0.1) is 14.2 Å². The highest BCUT2D eigenvalue weighted by Gasteiger charge is 2.71. The van der Waals surface area contributed by atoms with Gasteiger partial charge in [0.2, 0.25) is 5.60 Å². The molecular weight excluding hydrogens is 224 g/mol. The molecule has 1 saturated heterocycles. The lowest BCUT2D eigenvalue weighted by Gasteiger charge is -2.26. The van der Waals surface area contributed by atoms with Gasteiger partial charge in [-0.2, -0.15) is 0 Å². The van der Waals surface area contributed by atoms with E-state index in [1.54, 1.807) is 0 Å². The molecule has 0 aromatic carbocycles. The fourth-order valence-corrected chi connectivity index (χ4v) is 2.81. The van der Waals surface area contributed by atoms with Gasteiger partial charge >= 0.3 is 11.9 Å². The molecule has 0 bridgehead atoms. The van der Waals surface area contributed by atoms with E-state index < -0.39 is 23.6 Å². The molecule has 0 aromatic heterocycles. The highest BCUT2D eigenvalue weighted by Crippen LogP contribution is 2.50. The van der Waals surface area contributed by atoms with E-state index in [0.717, 1.165) is 25.7 Å². The lowest BCUT2D eigenvalue weighted by molar-refractivity contribution is -0.150. The topological polar surface area (TPSA) is 65.1 Å². The van der Waals surface area contributed by atoms with Crippen LogP contribution in [0.4, 0.5) is 0 Å². The van der Waals surface area contributed by atoms with Gasteiger partial charge < -0.3 is 14.2 Å². The van der Waals surface area contributed by atoms with Gasteiger partial charge in [-0.25, -0.2) is 9.59 Å². The Morgan fingerprint density at radius 3 is 2.29 bits per heavy atom. The molecule has 0 unspecified atom stereocenters. The van der Waals surface area contributed by atoms with Crippen molar-refractivity contribution in [3.63, 3.8) is 0 Å². The number of hydrogen-bond donors (Lipinski definition) is 0. The Bertz CT molecular complexity index is 321. The third kappa shape index (κ3) is 1.92. The van der Waals surface area contributed by atoms with E-state index in [2.05, 4.69) is 4.74 Å². The van der Waals surface area contributed by atoms with Crippen LogP contribution in [0.2, 0.25) is 0 Å². The molecule has 0 spiro atoms. The number of methoxy groups -OCH3 is 2. The highest BCUT2D eigenvalue weighted by atomic mass is 16.7. The zero-order chi connectivity index (χ0) is 12.5. The van der Waals surface area contributed by atoms with Crippen molar-refractivity contribution in [2.45, 2.75) is 43.8 Å². The van der Waals surface area contributed by atoms with Crippen molar-refractivity contribution >= 4 is 11.9 Å². The summed E-state index contributed by atoms with van der Waals surface area (Å²) in [4.78, 5) is 23.4. The summed E-state index contributed by atoms with van der Waals surface area (Å²) in [5.41, 5.74) is -1.07. The SMILES string of the molecule is COC(=O)[C@@H]1O[C@@]1(C(=O)OC)C1CCCCC1. The normalized spacial score (nSPS) is 32.9.